The Bertz CT molecular complexity index is 938. The standard InChI is InChI=1S/C19H18N4O2S/c1-12(26-19-16-5-3-4-6-17(16)20-11-21-19)18(25)23-15-9-7-14(8-10-15)22-13(2)24/h3-12H,1-2H3,(H,22,24)(H,23,25)/t12-/m0/s1. The number of benzene rings is 2. The van der Waals surface area contributed by atoms with Crippen LogP contribution in [0.5, 0.6) is 0 Å². The number of thioether (sulfide) groups is 1. The number of rotatable bonds is 5. The fourth-order valence-electron chi connectivity index (χ4n) is 2.38. The van der Waals surface area contributed by atoms with Crippen molar-refractivity contribution in [3.05, 3.63) is 54.9 Å². The highest BCUT2D eigenvalue weighted by atomic mass is 32.2. The summed E-state index contributed by atoms with van der Waals surface area (Å²) in [6.45, 7) is 3.29. The summed E-state index contributed by atoms with van der Waals surface area (Å²) < 4.78 is 0. The maximum absolute atomic E-state index is 12.5. The molecule has 1 aromatic heterocycles. The minimum absolute atomic E-state index is 0.120. The maximum Gasteiger partial charge on any atom is 0.237 e. The SMILES string of the molecule is CC(=O)Nc1ccc(NC(=O)[C@H](C)Sc2ncnc3ccccc23)cc1. The number of fused-ring (bicyclic) bond motifs is 1. The van der Waals surface area contributed by atoms with Gasteiger partial charge in [-0.3, -0.25) is 9.59 Å². The highest BCUT2D eigenvalue weighted by Crippen LogP contribution is 2.28. The Morgan fingerprint density at radius 1 is 0.962 bits per heavy atom. The minimum Gasteiger partial charge on any atom is -0.326 e. The van der Waals surface area contributed by atoms with Crippen molar-refractivity contribution in [1.82, 2.24) is 9.97 Å². The highest BCUT2D eigenvalue weighted by Gasteiger charge is 2.17. The number of aromatic nitrogens is 2. The summed E-state index contributed by atoms with van der Waals surface area (Å²) >= 11 is 1.39. The van der Waals surface area contributed by atoms with Gasteiger partial charge in [0.15, 0.2) is 0 Å². The quantitative estimate of drug-likeness (QED) is 0.531. The van der Waals surface area contributed by atoms with Gasteiger partial charge in [0.05, 0.1) is 10.8 Å². The number of hydrogen-bond donors (Lipinski definition) is 2. The van der Waals surface area contributed by atoms with E-state index >= 15 is 0 Å². The van der Waals surface area contributed by atoms with Crippen LogP contribution in [0.25, 0.3) is 10.9 Å². The molecule has 2 aromatic carbocycles. The monoisotopic (exact) mass is 366 g/mol. The Balaban J connectivity index is 1.67. The van der Waals surface area contributed by atoms with E-state index in [1.54, 1.807) is 24.3 Å². The average molecular weight is 366 g/mol. The van der Waals surface area contributed by atoms with Gasteiger partial charge in [-0.2, -0.15) is 0 Å². The van der Waals surface area contributed by atoms with Crippen LogP contribution in [0.3, 0.4) is 0 Å². The molecule has 1 heterocycles. The molecule has 0 fully saturated rings. The molecule has 0 radical (unpaired) electrons. The van der Waals surface area contributed by atoms with Gasteiger partial charge in [0.1, 0.15) is 11.4 Å². The first kappa shape index (κ1) is 17.9. The molecule has 6 nitrogen and oxygen atoms in total. The van der Waals surface area contributed by atoms with Crippen molar-refractivity contribution >= 4 is 45.9 Å². The number of para-hydroxylation sites is 1. The van der Waals surface area contributed by atoms with Gasteiger partial charge in [0.25, 0.3) is 0 Å². The number of anilines is 2. The number of nitrogens with one attached hydrogen (secondary N) is 2. The predicted molar refractivity (Wildman–Crippen MR) is 104 cm³/mol. The number of nitrogens with zero attached hydrogens (tertiary/aromatic N) is 2. The third-order valence-corrected chi connectivity index (χ3v) is 4.75. The molecule has 2 N–H and O–H groups in total. The molecule has 3 rings (SSSR count). The second-order valence-corrected chi connectivity index (χ2v) is 7.03. The molecule has 3 aromatic rings. The topological polar surface area (TPSA) is 84.0 Å². The lowest BCUT2D eigenvalue weighted by atomic mass is 10.2. The van der Waals surface area contributed by atoms with E-state index in [0.29, 0.717) is 11.4 Å². The van der Waals surface area contributed by atoms with Crippen molar-refractivity contribution in [2.45, 2.75) is 24.1 Å². The summed E-state index contributed by atoms with van der Waals surface area (Å²) in [6.07, 6.45) is 1.51. The van der Waals surface area contributed by atoms with Gasteiger partial charge in [-0.15, -0.1) is 0 Å². The van der Waals surface area contributed by atoms with Gasteiger partial charge >= 0.3 is 0 Å². The Morgan fingerprint density at radius 2 is 1.62 bits per heavy atom. The minimum atomic E-state index is -0.330. The Hall–Kier alpha value is -2.93. The van der Waals surface area contributed by atoms with E-state index in [4.69, 9.17) is 0 Å². The third kappa shape index (κ3) is 4.37. The number of amides is 2. The molecule has 0 saturated carbocycles. The fourth-order valence-corrected chi connectivity index (χ4v) is 3.29. The lowest BCUT2D eigenvalue weighted by Crippen LogP contribution is -2.22. The fraction of sp³-hybridized carbons (Fsp3) is 0.158. The lowest BCUT2D eigenvalue weighted by Gasteiger charge is -2.13. The molecule has 2 amide bonds. The van der Waals surface area contributed by atoms with E-state index in [9.17, 15) is 9.59 Å². The molecular formula is C19H18N4O2S. The normalized spacial score (nSPS) is 11.8. The average Bonchev–Trinajstić information content (AvgIpc) is 2.63. The largest absolute Gasteiger partial charge is 0.326 e. The van der Waals surface area contributed by atoms with Crippen LogP contribution in [0.15, 0.2) is 59.9 Å². The summed E-state index contributed by atoms with van der Waals surface area (Å²) in [5.41, 5.74) is 2.21. The van der Waals surface area contributed by atoms with Crippen molar-refractivity contribution in [3.63, 3.8) is 0 Å². The number of carbonyl (C=O) groups is 2. The van der Waals surface area contributed by atoms with E-state index in [2.05, 4.69) is 20.6 Å². The molecule has 0 aliphatic heterocycles. The van der Waals surface area contributed by atoms with Gasteiger partial charge in [-0.1, -0.05) is 30.0 Å². The second-order valence-electron chi connectivity index (χ2n) is 5.70. The Morgan fingerprint density at radius 3 is 2.31 bits per heavy atom. The van der Waals surface area contributed by atoms with Crippen molar-refractivity contribution in [3.8, 4) is 0 Å². The first-order chi connectivity index (χ1) is 12.5. The van der Waals surface area contributed by atoms with Crippen LogP contribution in [-0.4, -0.2) is 27.0 Å². The second kappa shape index (κ2) is 7.97. The summed E-state index contributed by atoms with van der Waals surface area (Å²) in [5.74, 6) is -0.256. The molecule has 0 bridgehead atoms. The van der Waals surface area contributed by atoms with E-state index < -0.39 is 0 Å². The van der Waals surface area contributed by atoms with E-state index in [-0.39, 0.29) is 17.1 Å². The van der Waals surface area contributed by atoms with Gasteiger partial charge in [-0.05, 0) is 37.3 Å². The molecule has 0 spiro atoms. The summed E-state index contributed by atoms with van der Waals surface area (Å²) in [4.78, 5) is 32.1. The van der Waals surface area contributed by atoms with E-state index in [0.717, 1.165) is 15.9 Å². The molecule has 132 valence electrons. The Labute approximate surface area is 155 Å². The number of hydrogen-bond acceptors (Lipinski definition) is 5. The van der Waals surface area contributed by atoms with Crippen LogP contribution in [0.4, 0.5) is 11.4 Å². The van der Waals surface area contributed by atoms with Crippen LogP contribution in [-0.2, 0) is 9.59 Å². The van der Waals surface area contributed by atoms with Crippen molar-refractivity contribution < 1.29 is 9.59 Å². The Kier molecular flexibility index (Phi) is 5.48. The van der Waals surface area contributed by atoms with Crippen LogP contribution in [0, 0.1) is 0 Å². The third-order valence-electron chi connectivity index (χ3n) is 3.64. The highest BCUT2D eigenvalue weighted by molar-refractivity contribution is 8.00. The van der Waals surface area contributed by atoms with Gasteiger partial charge in [-0.25, -0.2) is 9.97 Å². The van der Waals surface area contributed by atoms with Crippen LogP contribution >= 0.6 is 11.8 Å². The first-order valence-corrected chi connectivity index (χ1v) is 8.96. The zero-order chi connectivity index (χ0) is 18.5. The first-order valence-electron chi connectivity index (χ1n) is 8.08. The van der Waals surface area contributed by atoms with Crippen LogP contribution < -0.4 is 10.6 Å². The van der Waals surface area contributed by atoms with E-state index in [1.165, 1.54) is 25.0 Å². The smallest absolute Gasteiger partial charge is 0.237 e. The summed E-state index contributed by atoms with van der Waals surface area (Å²) in [6, 6.07) is 14.7. The summed E-state index contributed by atoms with van der Waals surface area (Å²) in [5, 5.41) is 6.94. The van der Waals surface area contributed by atoms with Crippen molar-refractivity contribution in [1.29, 1.82) is 0 Å². The molecular weight excluding hydrogens is 348 g/mol. The molecule has 0 unspecified atom stereocenters. The molecule has 7 heteroatoms. The van der Waals surface area contributed by atoms with Gasteiger partial charge < -0.3 is 10.6 Å². The van der Waals surface area contributed by atoms with Crippen LogP contribution in [0.1, 0.15) is 13.8 Å². The maximum atomic E-state index is 12.5. The zero-order valence-electron chi connectivity index (χ0n) is 14.4. The molecule has 0 saturated heterocycles. The van der Waals surface area contributed by atoms with E-state index in [1.807, 2.05) is 31.2 Å². The summed E-state index contributed by atoms with van der Waals surface area (Å²) in [7, 11) is 0. The van der Waals surface area contributed by atoms with Crippen molar-refractivity contribution in [2.75, 3.05) is 10.6 Å². The molecule has 26 heavy (non-hydrogen) atoms. The zero-order valence-corrected chi connectivity index (χ0v) is 15.2. The molecule has 0 aliphatic rings. The molecule has 1 atom stereocenters. The molecule has 0 aliphatic carbocycles. The van der Waals surface area contributed by atoms with Crippen LogP contribution in [0.2, 0.25) is 0 Å². The number of carbonyl (C=O) groups excluding carboxylic acids is 2. The van der Waals surface area contributed by atoms with Gasteiger partial charge in [0, 0.05) is 23.7 Å². The predicted octanol–water partition coefficient (Wildman–Crippen LogP) is 3.71. The van der Waals surface area contributed by atoms with Gasteiger partial charge in [0.2, 0.25) is 11.8 Å². The van der Waals surface area contributed by atoms with Crippen molar-refractivity contribution in [2.24, 2.45) is 0 Å². The lowest BCUT2D eigenvalue weighted by molar-refractivity contribution is -0.115.